The normalized spacial score (nSPS) is 18.2. The van der Waals surface area contributed by atoms with Crippen LogP contribution in [0.25, 0.3) is 0 Å². The van der Waals surface area contributed by atoms with Crippen molar-refractivity contribution in [3.8, 4) is 17.2 Å². The number of carbonyl (C=O) groups is 6. The van der Waals surface area contributed by atoms with Gasteiger partial charge in [-0.15, -0.1) is 0 Å². The third kappa shape index (κ3) is 12.0. The molecule has 0 saturated carbocycles. The minimum atomic E-state index is -0.310. The fourth-order valence-electron chi connectivity index (χ4n) is 11.1. The fourth-order valence-corrected chi connectivity index (χ4v) is 14.4. The molecule has 1 fully saturated rings. The lowest BCUT2D eigenvalue weighted by Gasteiger charge is -2.23. The Morgan fingerprint density at radius 3 is 2.18 bits per heavy atom. The monoisotopic (exact) mass is 1110 g/mol. The van der Waals surface area contributed by atoms with Crippen LogP contribution in [0.1, 0.15) is 119 Å². The molecule has 5 aliphatic rings. The summed E-state index contributed by atoms with van der Waals surface area (Å²) in [7, 11) is 4.94. The molecule has 5 aromatic rings. The Morgan fingerprint density at radius 1 is 0.756 bits per heavy atom. The Kier molecular flexibility index (Phi) is 16.7. The Bertz CT molecular complexity index is 3220. The number of imide groups is 1. The summed E-state index contributed by atoms with van der Waals surface area (Å²) < 4.78 is 18.6. The highest BCUT2D eigenvalue weighted by Crippen LogP contribution is 2.43. The molecule has 3 atom stereocenters. The Balaban J connectivity index is 0.789. The number of anilines is 3. The third-order valence-electron chi connectivity index (χ3n) is 15.2. The smallest absolute Gasteiger partial charge is 0.261 e. The average molecular weight is 1110 g/mol. The largest absolute Gasteiger partial charge is 0.493 e. The van der Waals surface area contributed by atoms with E-state index in [1.165, 1.54) is 22.2 Å². The zero-order chi connectivity index (χ0) is 54.7. The van der Waals surface area contributed by atoms with Crippen molar-refractivity contribution in [2.24, 2.45) is 4.99 Å². The van der Waals surface area contributed by atoms with Crippen molar-refractivity contribution in [1.82, 2.24) is 4.90 Å². The second-order valence-corrected chi connectivity index (χ2v) is 25.4. The zero-order valence-electron chi connectivity index (χ0n) is 44.8. The first-order valence-corrected chi connectivity index (χ1v) is 30.4. The van der Waals surface area contributed by atoms with Crippen LogP contribution in [-0.2, 0) is 51.7 Å². The number of benzene rings is 5. The van der Waals surface area contributed by atoms with Crippen molar-refractivity contribution in [1.29, 1.82) is 0 Å². The predicted molar refractivity (Wildman–Crippen MR) is 311 cm³/mol. The molecule has 1 N–H and O–H groups in total. The number of nitrogens with zero attached hydrogens (tertiary/aromatic N) is 4. The van der Waals surface area contributed by atoms with Gasteiger partial charge in [0.1, 0.15) is 24.7 Å². The molecule has 0 aromatic heterocycles. The highest BCUT2D eigenvalue weighted by atomic mass is 33.1. The van der Waals surface area contributed by atoms with E-state index < -0.39 is 0 Å². The first-order chi connectivity index (χ1) is 37.7. The van der Waals surface area contributed by atoms with Crippen LogP contribution in [-0.4, -0.2) is 94.2 Å². The molecule has 10 rings (SSSR count). The van der Waals surface area contributed by atoms with Gasteiger partial charge in [-0.25, -0.2) is 0 Å². The average Bonchev–Trinajstić information content (AvgIpc) is 4.20. The lowest BCUT2D eigenvalue weighted by molar-refractivity contribution is -0.138. The number of hydrogen-bond acceptors (Lipinski definition) is 13. The van der Waals surface area contributed by atoms with Gasteiger partial charge in [-0.2, -0.15) is 11.8 Å². The molecule has 1 saturated heterocycles. The zero-order valence-corrected chi connectivity index (χ0v) is 47.2. The van der Waals surface area contributed by atoms with Crippen molar-refractivity contribution < 1.29 is 43.0 Å². The maximum atomic E-state index is 14.1. The molecule has 14 nitrogen and oxygen atoms in total. The summed E-state index contributed by atoms with van der Waals surface area (Å²) in [5.41, 5.74) is 9.74. The first-order valence-electron chi connectivity index (χ1n) is 26.8. The summed E-state index contributed by atoms with van der Waals surface area (Å²) in [5, 5.41) is 2.83. The maximum absolute atomic E-state index is 14.1. The number of fused-ring (bicyclic) bond motifs is 8. The molecule has 17 heteroatoms. The number of aryl methyl sites for hydroxylation is 2. The maximum Gasteiger partial charge on any atom is 0.261 e. The summed E-state index contributed by atoms with van der Waals surface area (Å²) in [6, 6.07) is 29.2. The van der Waals surface area contributed by atoms with E-state index in [0.29, 0.717) is 78.4 Å². The molecule has 1 unspecified atom stereocenters. The number of methoxy groups -OCH3 is 1. The Hall–Kier alpha value is -6.56. The predicted octanol–water partition coefficient (Wildman–Crippen LogP) is 11.5. The fraction of sp³-hybridized carbons (Fsp3) is 0.393. The van der Waals surface area contributed by atoms with E-state index in [9.17, 15) is 28.8 Å². The number of thioether (sulfide) groups is 1. The second-order valence-electron chi connectivity index (χ2n) is 21.2. The molecule has 5 aliphatic heterocycles. The van der Waals surface area contributed by atoms with Gasteiger partial charge in [-0.1, -0.05) is 58.0 Å². The van der Waals surface area contributed by atoms with Crippen LogP contribution in [0.2, 0.25) is 0 Å². The number of rotatable bonds is 22. The number of nitrogens with one attached hydrogen (secondary N) is 1. The van der Waals surface area contributed by atoms with E-state index >= 15 is 0 Å². The van der Waals surface area contributed by atoms with Crippen LogP contribution in [0.3, 0.4) is 0 Å². The lowest BCUT2D eigenvalue weighted by Crippen LogP contribution is -2.37. The van der Waals surface area contributed by atoms with Crippen LogP contribution in [0.15, 0.2) is 96.0 Å². The summed E-state index contributed by atoms with van der Waals surface area (Å²) in [4.78, 5) is 89.1. The minimum Gasteiger partial charge on any atom is -0.493 e. The molecule has 0 radical (unpaired) electrons. The van der Waals surface area contributed by atoms with E-state index in [4.69, 9.17) is 19.2 Å². The molecule has 406 valence electrons. The van der Waals surface area contributed by atoms with Gasteiger partial charge in [0.05, 0.1) is 29.7 Å². The SMILES string of the molecule is COc1cc2c(cc1OCc1cc(COc3cc4c(cc3C)C(=O)N3c5ccccc5C[C@H]3CC4)cc(NC(=O)CCC(C)(C)SSCCCC(=O)CCCN3C(=O)CC(SC)C3=O)c1)N=C[C@@H]1Cc3ccccc3N1C2=O. The Morgan fingerprint density at radius 2 is 1.45 bits per heavy atom. The van der Waals surface area contributed by atoms with Crippen molar-refractivity contribution in [3.63, 3.8) is 0 Å². The van der Waals surface area contributed by atoms with Gasteiger partial charge >= 0.3 is 0 Å². The first kappa shape index (κ1) is 54.8. The molecular weight excluding hydrogens is 1040 g/mol. The van der Waals surface area contributed by atoms with E-state index in [0.717, 1.165) is 70.6 Å². The standard InChI is InChI=1S/C61H65N5O9S3/c1-37-24-47-40(18-19-44-28-41-12-6-8-16-50(41)65(44)58(47)70)30-52(37)74-35-38-25-39(36-75-54-32-49-48(31-53(54)73-4)59(71)66-45(34-62-49)29-42-13-7-9-17-51(42)66)27-43(26-38)63-56(68)20-21-61(2,3)78-77-23-11-15-46(67)14-10-22-64-57(69)33-55(76-5)60(64)72/h6-9,12-13,16-17,24-27,30-32,34,44-45,55H,10-11,14-15,18-23,28-29,33,35-36H2,1-5H3,(H,63,68)/t44-,45+,55?/m1/s1. The topological polar surface area (TPSA) is 164 Å². The van der Waals surface area contributed by atoms with Gasteiger partial charge in [-0.05, 0) is 147 Å². The molecule has 5 amide bonds. The number of carbonyl (C=O) groups excluding carboxylic acids is 6. The molecule has 78 heavy (non-hydrogen) atoms. The molecule has 5 aromatic carbocycles. The van der Waals surface area contributed by atoms with Gasteiger partial charge in [0.2, 0.25) is 17.7 Å². The summed E-state index contributed by atoms with van der Waals surface area (Å²) in [5.74, 6) is 1.80. The van der Waals surface area contributed by atoms with Crippen LogP contribution in [0.4, 0.5) is 22.7 Å². The molecular formula is C61H65N5O9S3. The number of amides is 5. The van der Waals surface area contributed by atoms with E-state index in [1.807, 2.05) is 97.1 Å². The number of ketones is 1. The van der Waals surface area contributed by atoms with Crippen LogP contribution in [0.5, 0.6) is 17.2 Å². The van der Waals surface area contributed by atoms with Gasteiger partial charge in [-0.3, -0.25) is 43.6 Å². The van der Waals surface area contributed by atoms with Gasteiger partial charge < -0.3 is 24.4 Å². The van der Waals surface area contributed by atoms with E-state index in [1.54, 1.807) is 45.7 Å². The highest BCUT2D eigenvalue weighted by Gasteiger charge is 2.40. The van der Waals surface area contributed by atoms with Crippen molar-refractivity contribution in [3.05, 3.63) is 136 Å². The number of aliphatic imine (C=N–C) groups is 1. The number of hydrogen-bond donors (Lipinski definition) is 1. The van der Waals surface area contributed by atoms with E-state index in [2.05, 4.69) is 25.2 Å². The highest BCUT2D eigenvalue weighted by molar-refractivity contribution is 8.77. The van der Waals surface area contributed by atoms with Crippen LogP contribution < -0.4 is 29.3 Å². The minimum absolute atomic E-state index is 0.0201. The van der Waals surface area contributed by atoms with Crippen molar-refractivity contribution in [2.45, 2.75) is 127 Å². The number of likely N-dealkylation sites (tertiary alicyclic amines) is 1. The summed E-state index contributed by atoms with van der Waals surface area (Å²) in [6.07, 6.45) is 9.88. The van der Waals surface area contributed by atoms with Crippen LogP contribution in [0, 0.1) is 6.92 Å². The van der Waals surface area contributed by atoms with Crippen molar-refractivity contribution in [2.75, 3.05) is 40.8 Å². The lowest BCUT2D eigenvalue weighted by atomic mass is 9.98. The number of Topliss-reactive ketones (excluding diaryl/α,β-unsaturated/α-hetero) is 1. The number of para-hydroxylation sites is 2. The Labute approximate surface area is 468 Å². The van der Waals surface area contributed by atoms with Gasteiger partial charge in [0, 0.05) is 90.1 Å². The third-order valence-corrected chi connectivity index (χ3v) is 19.5. The molecule has 0 aliphatic carbocycles. The quantitative estimate of drug-likeness (QED) is 0.0397. The van der Waals surface area contributed by atoms with Crippen molar-refractivity contribution >= 4 is 97.6 Å². The summed E-state index contributed by atoms with van der Waals surface area (Å²) >= 11 is 1.39. The number of ether oxygens (including phenoxy) is 3. The molecule has 0 spiro atoms. The van der Waals surface area contributed by atoms with Crippen LogP contribution >= 0.6 is 33.3 Å². The summed E-state index contributed by atoms with van der Waals surface area (Å²) in [6.45, 7) is 6.75. The van der Waals surface area contributed by atoms with Gasteiger partial charge in [0.15, 0.2) is 11.5 Å². The molecule has 5 heterocycles. The van der Waals surface area contributed by atoms with E-state index in [-0.39, 0.29) is 83.5 Å². The van der Waals surface area contributed by atoms with Gasteiger partial charge in [0.25, 0.3) is 11.8 Å². The second kappa shape index (κ2) is 23.8. The molecule has 0 bridgehead atoms.